The van der Waals surface area contributed by atoms with Gasteiger partial charge in [-0.05, 0) is 20.3 Å². The topological polar surface area (TPSA) is 75.6 Å². The maximum Gasteiger partial charge on any atom is 0.224 e. The Bertz CT molecular complexity index is 473. The van der Waals surface area contributed by atoms with Crippen molar-refractivity contribution in [1.29, 1.82) is 0 Å². The van der Waals surface area contributed by atoms with Crippen molar-refractivity contribution >= 4 is 11.6 Å². The van der Waals surface area contributed by atoms with Crippen molar-refractivity contribution in [3.05, 3.63) is 22.5 Å². The third-order valence-electron chi connectivity index (χ3n) is 3.46. The van der Waals surface area contributed by atoms with Crippen LogP contribution in [-0.4, -0.2) is 42.5 Å². The van der Waals surface area contributed by atoms with Gasteiger partial charge in [0.2, 0.25) is 5.78 Å². The quantitative estimate of drug-likeness (QED) is 0.681. The van der Waals surface area contributed by atoms with Crippen LogP contribution in [0, 0.1) is 0 Å². The Labute approximate surface area is 106 Å². The smallest absolute Gasteiger partial charge is 0.224 e. The van der Waals surface area contributed by atoms with E-state index in [1.54, 1.807) is 6.92 Å². The summed E-state index contributed by atoms with van der Waals surface area (Å²) in [5, 5.41) is 12.5. The molecule has 5 heteroatoms. The van der Waals surface area contributed by atoms with Crippen LogP contribution in [-0.2, 0) is 14.3 Å². The number of hydrogen-bond donors (Lipinski definition) is 2. The molecule has 1 heterocycles. The number of carbonyl (C=O) groups is 2. The third-order valence-corrected chi connectivity index (χ3v) is 3.46. The van der Waals surface area contributed by atoms with Gasteiger partial charge in [-0.1, -0.05) is 0 Å². The third kappa shape index (κ3) is 1.79. The van der Waals surface area contributed by atoms with Crippen LogP contribution in [0.15, 0.2) is 22.5 Å². The van der Waals surface area contributed by atoms with Gasteiger partial charge >= 0.3 is 0 Å². The Balaban J connectivity index is 2.53. The molecule has 2 unspecified atom stereocenters. The molecule has 2 aliphatic rings. The zero-order chi connectivity index (χ0) is 13.4. The van der Waals surface area contributed by atoms with Gasteiger partial charge in [0.1, 0.15) is 0 Å². The summed E-state index contributed by atoms with van der Waals surface area (Å²) >= 11 is 0. The second-order valence-corrected chi connectivity index (χ2v) is 4.72. The van der Waals surface area contributed by atoms with Crippen LogP contribution in [0.1, 0.15) is 20.3 Å². The van der Waals surface area contributed by atoms with Crippen molar-refractivity contribution in [3.8, 4) is 0 Å². The van der Waals surface area contributed by atoms with E-state index in [0.29, 0.717) is 23.1 Å². The molecule has 0 aromatic carbocycles. The van der Waals surface area contributed by atoms with Gasteiger partial charge < -0.3 is 15.2 Å². The zero-order valence-corrected chi connectivity index (χ0v) is 10.7. The SMILES string of the molecule is COC1=C(C)C(=O)C2=C(CC(C)NC2CO)C1=O. The summed E-state index contributed by atoms with van der Waals surface area (Å²) < 4.78 is 5.03. The highest BCUT2D eigenvalue weighted by Crippen LogP contribution is 2.32. The van der Waals surface area contributed by atoms with Crippen LogP contribution < -0.4 is 5.32 Å². The fraction of sp³-hybridized carbons (Fsp3) is 0.538. The molecule has 0 aromatic rings. The number of ketones is 2. The number of Topliss-reactive ketones (excluding diaryl/α,β-unsaturated/α-hetero) is 2. The van der Waals surface area contributed by atoms with Gasteiger partial charge in [0.05, 0.1) is 19.8 Å². The Hall–Kier alpha value is -1.46. The molecule has 5 nitrogen and oxygen atoms in total. The molecule has 0 saturated carbocycles. The van der Waals surface area contributed by atoms with Gasteiger partial charge in [0.25, 0.3) is 0 Å². The fourth-order valence-corrected chi connectivity index (χ4v) is 2.62. The minimum atomic E-state index is -0.464. The van der Waals surface area contributed by atoms with E-state index in [-0.39, 0.29) is 30.0 Å². The van der Waals surface area contributed by atoms with Crippen molar-refractivity contribution in [2.45, 2.75) is 32.4 Å². The van der Waals surface area contributed by atoms with Gasteiger partial charge in [-0.15, -0.1) is 0 Å². The molecule has 1 aliphatic carbocycles. The maximum atomic E-state index is 12.3. The van der Waals surface area contributed by atoms with Crippen LogP contribution in [0.25, 0.3) is 0 Å². The maximum absolute atomic E-state index is 12.3. The van der Waals surface area contributed by atoms with Gasteiger partial charge in [-0.3, -0.25) is 9.59 Å². The van der Waals surface area contributed by atoms with Crippen molar-refractivity contribution in [1.82, 2.24) is 5.32 Å². The molecule has 18 heavy (non-hydrogen) atoms. The predicted octanol–water partition coefficient (Wildman–Crippen LogP) is 0.0979. The molecule has 0 amide bonds. The Kier molecular flexibility index (Phi) is 3.36. The second kappa shape index (κ2) is 4.66. The molecular formula is C13H17NO4. The highest BCUT2D eigenvalue weighted by Gasteiger charge is 2.40. The molecular weight excluding hydrogens is 234 g/mol. The molecule has 0 fully saturated rings. The number of ether oxygens (including phenoxy) is 1. The van der Waals surface area contributed by atoms with Crippen molar-refractivity contribution in [3.63, 3.8) is 0 Å². The van der Waals surface area contributed by atoms with Crippen molar-refractivity contribution < 1.29 is 19.4 Å². The van der Waals surface area contributed by atoms with Gasteiger partial charge in [0, 0.05) is 22.8 Å². The van der Waals surface area contributed by atoms with Crippen LogP contribution in [0.5, 0.6) is 0 Å². The number of rotatable bonds is 2. The first kappa shape index (κ1) is 13.0. The number of allylic oxidation sites excluding steroid dienone is 2. The normalized spacial score (nSPS) is 28.7. The zero-order valence-electron chi connectivity index (χ0n) is 10.7. The van der Waals surface area contributed by atoms with E-state index in [1.807, 2.05) is 6.92 Å². The van der Waals surface area contributed by atoms with E-state index in [0.717, 1.165) is 0 Å². The average molecular weight is 251 g/mol. The number of carbonyl (C=O) groups excluding carboxylic acids is 2. The van der Waals surface area contributed by atoms with Crippen LogP contribution in [0.2, 0.25) is 0 Å². The molecule has 2 N–H and O–H groups in total. The first-order valence-electron chi connectivity index (χ1n) is 5.95. The summed E-state index contributed by atoms with van der Waals surface area (Å²) in [6, 6.07) is -0.414. The van der Waals surface area contributed by atoms with E-state index < -0.39 is 6.04 Å². The summed E-state index contributed by atoms with van der Waals surface area (Å²) in [6.45, 7) is 3.30. The molecule has 0 radical (unpaired) electrons. The van der Waals surface area contributed by atoms with Crippen LogP contribution in [0.4, 0.5) is 0 Å². The minimum Gasteiger partial charge on any atom is -0.492 e. The molecule has 2 rings (SSSR count). The van der Waals surface area contributed by atoms with E-state index in [4.69, 9.17) is 4.74 Å². The van der Waals surface area contributed by atoms with Crippen molar-refractivity contribution in [2.75, 3.05) is 13.7 Å². The summed E-state index contributed by atoms with van der Waals surface area (Å²) in [7, 11) is 1.39. The first-order valence-corrected chi connectivity index (χ1v) is 5.95. The van der Waals surface area contributed by atoms with E-state index in [2.05, 4.69) is 5.32 Å². The van der Waals surface area contributed by atoms with Crippen LogP contribution >= 0.6 is 0 Å². The Morgan fingerprint density at radius 3 is 2.61 bits per heavy atom. The Morgan fingerprint density at radius 1 is 1.39 bits per heavy atom. The monoisotopic (exact) mass is 251 g/mol. The number of aliphatic hydroxyl groups excluding tert-OH is 1. The summed E-state index contributed by atoms with van der Waals surface area (Å²) in [4.78, 5) is 24.5. The first-order chi connectivity index (χ1) is 8.51. The lowest BCUT2D eigenvalue weighted by Crippen LogP contribution is -2.49. The lowest BCUT2D eigenvalue weighted by atomic mass is 9.79. The largest absolute Gasteiger partial charge is 0.492 e. The van der Waals surface area contributed by atoms with E-state index in [9.17, 15) is 14.7 Å². The molecule has 1 aliphatic heterocycles. The van der Waals surface area contributed by atoms with Crippen LogP contribution in [0.3, 0.4) is 0 Å². The summed E-state index contributed by atoms with van der Waals surface area (Å²) in [6.07, 6.45) is 0.483. The molecule has 0 aromatic heterocycles. The fourth-order valence-electron chi connectivity index (χ4n) is 2.62. The number of methoxy groups -OCH3 is 1. The summed E-state index contributed by atoms with van der Waals surface area (Å²) in [5.41, 5.74) is 1.20. The lowest BCUT2D eigenvalue weighted by molar-refractivity contribution is -0.119. The molecule has 2 atom stereocenters. The average Bonchev–Trinajstić information content (AvgIpc) is 2.35. The predicted molar refractivity (Wildman–Crippen MR) is 64.8 cm³/mol. The number of hydrogen-bond acceptors (Lipinski definition) is 5. The van der Waals surface area contributed by atoms with E-state index >= 15 is 0 Å². The highest BCUT2D eigenvalue weighted by molar-refractivity contribution is 6.24. The molecule has 0 saturated heterocycles. The van der Waals surface area contributed by atoms with Gasteiger partial charge in [0.15, 0.2) is 11.5 Å². The minimum absolute atomic E-state index is 0.0502. The molecule has 0 spiro atoms. The van der Waals surface area contributed by atoms with Gasteiger partial charge in [-0.2, -0.15) is 0 Å². The molecule has 0 bridgehead atoms. The second-order valence-electron chi connectivity index (χ2n) is 4.72. The standard InChI is InChI=1S/C13H17NO4/c1-6-4-8-10(9(5-15)14-6)11(16)7(2)13(18-3)12(8)17/h6,9,14-15H,4-5H2,1-3H3. The lowest BCUT2D eigenvalue weighted by Gasteiger charge is -2.34. The highest BCUT2D eigenvalue weighted by atomic mass is 16.5. The summed E-state index contributed by atoms with van der Waals surface area (Å²) in [5.74, 6) is -0.305. The number of nitrogens with one attached hydrogen (secondary N) is 1. The molecule has 98 valence electrons. The number of aliphatic hydroxyl groups is 1. The Morgan fingerprint density at radius 2 is 2.06 bits per heavy atom. The van der Waals surface area contributed by atoms with Gasteiger partial charge in [-0.25, -0.2) is 0 Å². The van der Waals surface area contributed by atoms with Crippen molar-refractivity contribution in [2.24, 2.45) is 0 Å². The van der Waals surface area contributed by atoms with E-state index in [1.165, 1.54) is 7.11 Å².